The minimum absolute atomic E-state index is 0.108. The first-order valence-electron chi connectivity index (χ1n) is 3.78. The molecule has 0 radical (unpaired) electrons. The molecular formula is C7H16N2O3. The summed E-state index contributed by atoms with van der Waals surface area (Å²) in [4.78, 5) is 10.9. The predicted molar refractivity (Wildman–Crippen MR) is 44.8 cm³/mol. The number of likely N-dealkylation sites (N-methyl/N-ethyl adjacent to an activating group) is 1. The number of carbonyl (C=O) groups is 1. The minimum atomic E-state index is -0.309. The highest BCUT2D eigenvalue weighted by atomic mass is 16.5. The van der Waals surface area contributed by atoms with Crippen LogP contribution in [0.3, 0.4) is 0 Å². The SMILES string of the molecule is CNCC(=O)NC(CO)COC. The molecule has 0 rings (SSSR count). The molecule has 0 heterocycles. The van der Waals surface area contributed by atoms with E-state index in [2.05, 4.69) is 10.6 Å². The molecule has 5 nitrogen and oxygen atoms in total. The molecule has 0 aliphatic rings. The molecule has 0 aromatic rings. The predicted octanol–water partition coefficient (Wildman–Crippen LogP) is -1.67. The Kier molecular flexibility index (Phi) is 6.64. The highest BCUT2D eigenvalue weighted by Crippen LogP contribution is 1.82. The van der Waals surface area contributed by atoms with Crippen LogP contribution in [0.2, 0.25) is 0 Å². The van der Waals surface area contributed by atoms with Gasteiger partial charge in [-0.05, 0) is 7.05 Å². The summed E-state index contributed by atoms with van der Waals surface area (Å²) < 4.78 is 4.78. The molecule has 1 unspecified atom stereocenters. The molecule has 0 aliphatic heterocycles. The van der Waals surface area contributed by atoms with Gasteiger partial charge < -0.3 is 20.5 Å². The third kappa shape index (κ3) is 5.06. The third-order valence-corrected chi connectivity index (χ3v) is 1.29. The standard InChI is InChI=1S/C7H16N2O3/c1-8-3-7(11)9-6(4-10)5-12-2/h6,8,10H,3-5H2,1-2H3,(H,9,11). The highest BCUT2D eigenvalue weighted by Gasteiger charge is 2.09. The molecular weight excluding hydrogens is 160 g/mol. The summed E-state index contributed by atoms with van der Waals surface area (Å²) in [7, 11) is 3.21. The lowest BCUT2D eigenvalue weighted by Gasteiger charge is -2.14. The second kappa shape index (κ2) is 7.02. The number of aliphatic hydroxyl groups excluding tert-OH is 1. The van der Waals surface area contributed by atoms with Crippen molar-refractivity contribution in [3.8, 4) is 0 Å². The first-order valence-corrected chi connectivity index (χ1v) is 3.78. The molecule has 3 N–H and O–H groups in total. The molecule has 12 heavy (non-hydrogen) atoms. The maximum atomic E-state index is 10.9. The van der Waals surface area contributed by atoms with Gasteiger partial charge in [0.15, 0.2) is 0 Å². The Hall–Kier alpha value is -0.650. The van der Waals surface area contributed by atoms with Crippen LogP contribution in [0.25, 0.3) is 0 Å². The quantitative estimate of drug-likeness (QED) is 0.452. The zero-order valence-corrected chi connectivity index (χ0v) is 7.46. The summed E-state index contributed by atoms with van der Waals surface area (Å²) in [5, 5.41) is 14.1. The van der Waals surface area contributed by atoms with Crippen LogP contribution in [-0.4, -0.2) is 51.0 Å². The average Bonchev–Trinajstić information content (AvgIpc) is 2.04. The molecule has 1 amide bonds. The van der Waals surface area contributed by atoms with Crippen molar-refractivity contribution in [3.63, 3.8) is 0 Å². The van der Waals surface area contributed by atoms with Gasteiger partial charge in [-0.1, -0.05) is 0 Å². The summed E-state index contributed by atoms with van der Waals surface area (Å²) in [6, 6.07) is -0.309. The molecule has 72 valence electrons. The van der Waals surface area contributed by atoms with Crippen molar-refractivity contribution < 1.29 is 14.6 Å². The number of ether oxygens (including phenoxy) is 1. The summed E-state index contributed by atoms with van der Waals surface area (Å²) in [5.74, 6) is -0.145. The van der Waals surface area contributed by atoms with E-state index in [0.29, 0.717) is 6.61 Å². The summed E-state index contributed by atoms with van der Waals surface area (Å²) in [6.45, 7) is 0.468. The zero-order chi connectivity index (χ0) is 9.40. The molecule has 1 atom stereocenters. The zero-order valence-electron chi connectivity index (χ0n) is 7.46. The van der Waals surface area contributed by atoms with Crippen LogP contribution < -0.4 is 10.6 Å². The van der Waals surface area contributed by atoms with Crippen LogP contribution in [0, 0.1) is 0 Å². The van der Waals surface area contributed by atoms with Crippen LogP contribution in [0.15, 0.2) is 0 Å². The molecule has 0 aromatic heterocycles. The van der Waals surface area contributed by atoms with Crippen molar-refractivity contribution in [2.24, 2.45) is 0 Å². The van der Waals surface area contributed by atoms with Gasteiger partial charge in [0.1, 0.15) is 0 Å². The molecule has 5 heteroatoms. The minimum Gasteiger partial charge on any atom is -0.394 e. The normalized spacial score (nSPS) is 12.6. The van der Waals surface area contributed by atoms with Crippen LogP contribution in [-0.2, 0) is 9.53 Å². The second-order valence-corrected chi connectivity index (χ2v) is 2.43. The van der Waals surface area contributed by atoms with Crippen molar-refractivity contribution in [2.45, 2.75) is 6.04 Å². The van der Waals surface area contributed by atoms with Crippen molar-refractivity contribution in [1.29, 1.82) is 0 Å². The lowest BCUT2D eigenvalue weighted by molar-refractivity contribution is -0.121. The smallest absolute Gasteiger partial charge is 0.234 e. The van der Waals surface area contributed by atoms with Gasteiger partial charge in [0.25, 0.3) is 0 Å². The Labute approximate surface area is 72.1 Å². The van der Waals surface area contributed by atoms with E-state index in [0.717, 1.165) is 0 Å². The van der Waals surface area contributed by atoms with Crippen LogP contribution in [0.1, 0.15) is 0 Å². The van der Waals surface area contributed by atoms with E-state index >= 15 is 0 Å². The number of hydrogen-bond donors (Lipinski definition) is 3. The van der Waals surface area contributed by atoms with E-state index < -0.39 is 0 Å². The number of methoxy groups -OCH3 is 1. The number of carbonyl (C=O) groups excluding carboxylic acids is 1. The fourth-order valence-corrected chi connectivity index (χ4v) is 0.780. The van der Waals surface area contributed by atoms with Gasteiger partial charge in [-0.15, -0.1) is 0 Å². The average molecular weight is 176 g/mol. The Balaban J connectivity index is 3.61. The number of hydrogen-bond acceptors (Lipinski definition) is 4. The first kappa shape index (κ1) is 11.4. The molecule has 0 bridgehead atoms. The molecule has 0 saturated heterocycles. The molecule has 0 fully saturated rings. The number of amides is 1. The van der Waals surface area contributed by atoms with Gasteiger partial charge in [0.2, 0.25) is 5.91 Å². The second-order valence-electron chi connectivity index (χ2n) is 2.43. The third-order valence-electron chi connectivity index (χ3n) is 1.29. The van der Waals surface area contributed by atoms with Crippen molar-refractivity contribution in [3.05, 3.63) is 0 Å². The van der Waals surface area contributed by atoms with E-state index in [9.17, 15) is 4.79 Å². The molecule has 0 saturated carbocycles. The lowest BCUT2D eigenvalue weighted by Crippen LogP contribution is -2.43. The fraction of sp³-hybridized carbons (Fsp3) is 0.857. The molecule has 0 spiro atoms. The van der Waals surface area contributed by atoms with Gasteiger partial charge in [-0.25, -0.2) is 0 Å². The van der Waals surface area contributed by atoms with Gasteiger partial charge in [-0.2, -0.15) is 0 Å². The van der Waals surface area contributed by atoms with Crippen molar-refractivity contribution in [1.82, 2.24) is 10.6 Å². The fourth-order valence-electron chi connectivity index (χ4n) is 0.780. The first-order chi connectivity index (χ1) is 5.74. The lowest BCUT2D eigenvalue weighted by atomic mass is 10.3. The number of aliphatic hydroxyl groups is 1. The molecule has 0 aliphatic carbocycles. The van der Waals surface area contributed by atoms with Crippen molar-refractivity contribution in [2.75, 3.05) is 33.9 Å². The Morgan fingerprint density at radius 1 is 1.67 bits per heavy atom. The van der Waals surface area contributed by atoms with E-state index in [1.54, 1.807) is 7.05 Å². The molecule has 0 aromatic carbocycles. The van der Waals surface area contributed by atoms with E-state index in [4.69, 9.17) is 9.84 Å². The van der Waals surface area contributed by atoms with E-state index in [-0.39, 0.29) is 25.1 Å². The number of rotatable bonds is 6. The maximum Gasteiger partial charge on any atom is 0.234 e. The van der Waals surface area contributed by atoms with E-state index in [1.165, 1.54) is 7.11 Å². The maximum absolute atomic E-state index is 10.9. The summed E-state index contributed by atoms with van der Waals surface area (Å²) in [5.41, 5.74) is 0. The summed E-state index contributed by atoms with van der Waals surface area (Å²) in [6.07, 6.45) is 0. The summed E-state index contributed by atoms with van der Waals surface area (Å²) >= 11 is 0. The van der Waals surface area contributed by atoms with Gasteiger partial charge in [0, 0.05) is 7.11 Å². The van der Waals surface area contributed by atoms with Gasteiger partial charge >= 0.3 is 0 Å². The number of nitrogens with one attached hydrogen (secondary N) is 2. The van der Waals surface area contributed by atoms with Gasteiger partial charge in [0.05, 0.1) is 25.8 Å². The largest absolute Gasteiger partial charge is 0.394 e. The Morgan fingerprint density at radius 3 is 2.75 bits per heavy atom. The Morgan fingerprint density at radius 2 is 2.33 bits per heavy atom. The highest BCUT2D eigenvalue weighted by molar-refractivity contribution is 5.78. The Bertz CT molecular complexity index is 130. The van der Waals surface area contributed by atoms with E-state index in [1.807, 2.05) is 0 Å². The van der Waals surface area contributed by atoms with Crippen LogP contribution in [0.4, 0.5) is 0 Å². The topological polar surface area (TPSA) is 70.6 Å². The van der Waals surface area contributed by atoms with Gasteiger partial charge in [-0.3, -0.25) is 4.79 Å². The van der Waals surface area contributed by atoms with Crippen LogP contribution >= 0.6 is 0 Å². The monoisotopic (exact) mass is 176 g/mol. The van der Waals surface area contributed by atoms with Crippen LogP contribution in [0.5, 0.6) is 0 Å². The van der Waals surface area contributed by atoms with Crippen molar-refractivity contribution >= 4 is 5.91 Å².